The molecule has 0 saturated heterocycles. The minimum atomic E-state index is -2.44. The van der Waals surface area contributed by atoms with Gasteiger partial charge in [0.2, 0.25) is 0 Å². The van der Waals surface area contributed by atoms with Gasteiger partial charge in [0.05, 0.1) is 11.9 Å². The van der Waals surface area contributed by atoms with Gasteiger partial charge in [-0.2, -0.15) is 0 Å². The fraction of sp³-hybridized carbons (Fsp3) is 0.500. The third-order valence-corrected chi connectivity index (χ3v) is 0.782. The maximum absolute atomic E-state index is 9.63. The van der Waals surface area contributed by atoms with E-state index in [1.165, 1.54) is 0 Å². The van der Waals surface area contributed by atoms with Gasteiger partial charge in [-0.25, -0.2) is 0 Å². The second-order valence-electron chi connectivity index (χ2n) is 1.53. The molecule has 2 N–H and O–H groups in total. The standard InChI is InChI=1S/C4H6O6.Co.Na/c5-1(3(7)8)2(6)4(9)10;;/h1-2,5-6H,(H,7,8)(H,9,10);;/q;+2;+1/p-2. The van der Waals surface area contributed by atoms with Crippen LogP contribution in [0.5, 0.6) is 0 Å². The van der Waals surface area contributed by atoms with Gasteiger partial charge in [0, 0.05) is 0 Å². The fourth-order valence-electron chi connectivity index (χ4n) is 0.258. The Kier molecular flexibility index (Phi) is 12.1. The van der Waals surface area contributed by atoms with Gasteiger partial charge in [-0.05, 0) is 0 Å². The maximum Gasteiger partial charge on any atom is 2.00 e. The van der Waals surface area contributed by atoms with Crippen molar-refractivity contribution in [3.63, 3.8) is 0 Å². The largest absolute Gasteiger partial charge is 2.00 e. The second-order valence-corrected chi connectivity index (χ2v) is 1.53. The van der Waals surface area contributed by atoms with Crippen LogP contribution in [0.25, 0.3) is 0 Å². The van der Waals surface area contributed by atoms with Gasteiger partial charge in [-0.15, -0.1) is 0 Å². The number of carbonyl (C=O) groups is 2. The van der Waals surface area contributed by atoms with Crippen LogP contribution in [0.3, 0.4) is 0 Å². The molecule has 0 aliphatic heterocycles. The predicted molar refractivity (Wildman–Crippen MR) is 22.0 cm³/mol. The third kappa shape index (κ3) is 5.95. The van der Waals surface area contributed by atoms with E-state index in [4.69, 9.17) is 10.2 Å². The fourth-order valence-corrected chi connectivity index (χ4v) is 0.258. The zero-order valence-corrected chi connectivity index (χ0v) is 9.06. The summed E-state index contributed by atoms with van der Waals surface area (Å²) in [7, 11) is 0. The Bertz CT molecular complexity index is 144. The van der Waals surface area contributed by atoms with Crippen molar-refractivity contribution >= 4 is 11.9 Å². The molecule has 6 nitrogen and oxygen atoms in total. The molecule has 0 fully saturated rings. The molecule has 0 aliphatic carbocycles. The number of hydrogen-bond donors (Lipinski definition) is 2. The van der Waals surface area contributed by atoms with Crippen molar-refractivity contribution in [3.8, 4) is 0 Å². The molecule has 12 heavy (non-hydrogen) atoms. The van der Waals surface area contributed by atoms with Crippen LogP contribution in [-0.4, -0.2) is 34.4 Å². The molecule has 2 unspecified atom stereocenters. The molecule has 1 radical (unpaired) electrons. The monoisotopic (exact) mass is 230 g/mol. The first-order valence-corrected chi connectivity index (χ1v) is 2.24. The van der Waals surface area contributed by atoms with Crippen molar-refractivity contribution < 1.29 is 76.4 Å². The minimum absolute atomic E-state index is 0. The van der Waals surface area contributed by atoms with Crippen LogP contribution in [0.15, 0.2) is 0 Å². The van der Waals surface area contributed by atoms with Gasteiger partial charge in [0.15, 0.2) is 0 Å². The van der Waals surface area contributed by atoms with Crippen LogP contribution in [-0.2, 0) is 26.4 Å². The Balaban J connectivity index is -0.000000405. The number of aliphatic hydroxyl groups is 2. The number of aliphatic carboxylic acids is 2. The number of carboxylic acids is 2. The van der Waals surface area contributed by atoms with Crippen molar-refractivity contribution in [1.82, 2.24) is 0 Å². The van der Waals surface area contributed by atoms with E-state index in [1.807, 2.05) is 0 Å². The van der Waals surface area contributed by atoms with Crippen LogP contribution in [0.2, 0.25) is 0 Å². The van der Waals surface area contributed by atoms with Crippen molar-refractivity contribution in [2.24, 2.45) is 0 Å². The summed E-state index contributed by atoms with van der Waals surface area (Å²) in [5.41, 5.74) is 0. The van der Waals surface area contributed by atoms with Crippen molar-refractivity contribution in [2.75, 3.05) is 0 Å². The quantitative estimate of drug-likeness (QED) is 0.464. The van der Waals surface area contributed by atoms with E-state index in [9.17, 15) is 19.8 Å². The summed E-state index contributed by atoms with van der Waals surface area (Å²) in [5.74, 6) is -4.12. The van der Waals surface area contributed by atoms with E-state index < -0.39 is 24.1 Å². The summed E-state index contributed by atoms with van der Waals surface area (Å²) >= 11 is 0. The first kappa shape index (κ1) is 18.2. The molecular weight excluding hydrogens is 226 g/mol. The van der Waals surface area contributed by atoms with Gasteiger partial charge >= 0.3 is 46.3 Å². The smallest absolute Gasteiger partial charge is 0.547 e. The summed E-state index contributed by atoms with van der Waals surface area (Å²) < 4.78 is 0. The average Bonchev–Trinajstić information content (AvgIpc) is 1.84. The second kappa shape index (κ2) is 7.99. The van der Waals surface area contributed by atoms with E-state index >= 15 is 0 Å². The molecular formula is C4H4CoNaO6+. The molecule has 0 rings (SSSR count). The maximum atomic E-state index is 9.63. The average molecular weight is 230 g/mol. The molecule has 0 heterocycles. The van der Waals surface area contributed by atoms with Crippen LogP contribution < -0.4 is 39.8 Å². The van der Waals surface area contributed by atoms with Crippen LogP contribution in [0.1, 0.15) is 0 Å². The molecule has 0 amide bonds. The number of carbonyl (C=O) groups excluding carboxylic acids is 2. The van der Waals surface area contributed by atoms with E-state index in [-0.39, 0.29) is 46.3 Å². The molecule has 0 saturated carbocycles. The third-order valence-electron chi connectivity index (χ3n) is 0.782. The first-order valence-electron chi connectivity index (χ1n) is 2.24. The Morgan fingerprint density at radius 2 is 1.17 bits per heavy atom. The molecule has 0 aromatic heterocycles. The van der Waals surface area contributed by atoms with Gasteiger partial charge in [-0.3, -0.25) is 0 Å². The first-order chi connectivity index (χ1) is 4.46. The minimum Gasteiger partial charge on any atom is -0.547 e. The Morgan fingerprint density at radius 3 is 1.25 bits per heavy atom. The van der Waals surface area contributed by atoms with Crippen LogP contribution in [0.4, 0.5) is 0 Å². The summed E-state index contributed by atoms with van der Waals surface area (Å²) in [5, 5.41) is 35.7. The molecule has 0 aliphatic rings. The SMILES string of the molecule is O=C([O-])C(O)C(O)C(=O)[O-].[Co+2].[Na+]. The van der Waals surface area contributed by atoms with Crippen molar-refractivity contribution in [2.45, 2.75) is 12.2 Å². The normalized spacial score (nSPS) is 13.2. The zero-order valence-electron chi connectivity index (χ0n) is 6.02. The summed E-state index contributed by atoms with van der Waals surface area (Å²) in [6.07, 6.45) is -4.88. The molecule has 2 atom stereocenters. The van der Waals surface area contributed by atoms with E-state index in [0.717, 1.165) is 0 Å². The van der Waals surface area contributed by atoms with Gasteiger partial charge < -0.3 is 30.0 Å². The van der Waals surface area contributed by atoms with Crippen LogP contribution >= 0.6 is 0 Å². The Hall–Kier alpha value is 0.366. The molecule has 65 valence electrons. The molecule has 0 aromatic rings. The Morgan fingerprint density at radius 1 is 1.00 bits per heavy atom. The topological polar surface area (TPSA) is 121 Å². The van der Waals surface area contributed by atoms with E-state index in [1.54, 1.807) is 0 Å². The number of aliphatic hydroxyl groups excluding tert-OH is 2. The van der Waals surface area contributed by atoms with E-state index in [0.29, 0.717) is 0 Å². The zero-order chi connectivity index (χ0) is 8.31. The Labute approximate surface area is 100 Å². The molecule has 8 heteroatoms. The van der Waals surface area contributed by atoms with E-state index in [2.05, 4.69) is 0 Å². The van der Waals surface area contributed by atoms with Crippen molar-refractivity contribution in [3.05, 3.63) is 0 Å². The van der Waals surface area contributed by atoms with Gasteiger partial charge in [0.25, 0.3) is 0 Å². The number of rotatable bonds is 3. The summed E-state index contributed by atoms with van der Waals surface area (Å²) in [6.45, 7) is 0. The summed E-state index contributed by atoms with van der Waals surface area (Å²) in [4.78, 5) is 19.3. The molecule has 0 spiro atoms. The summed E-state index contributed by atoms with van der Waals surface area (Å²) in [6, 6.07) is 0. The number of carboxylic acid groups (broad SMARTS) is 2. The van der Waals surface area contributed by atoms with Gasteiger partial charge in [0.1, 0.15) is 12.2 Å². The van der Waals surface area contributed by atoms with Crippen LogP contribution in [0, 0.1) is 0 Å². The van der Waals surface area contributed by atoms with Crippen molar-refractivity contribution in [1.29, 1.82) is 0 Å². The number of hydrogen-bond acceptors (Lipinski definition) is 6. The molecule has 0 aromatic carbocycles. The van der Waals surface area contributed by atoms with Gasteiger partial charge in [-0.1, -0.05) is 0 Å². The molecule has 0 bridgehead atoms. The predicted octanol–water partition coefficient (Wildman–Crippen LogP) is -7.79.